The summed E-state index contributed by atoms with van der Waals surface area (Å²) in [6.45, 7) is 5.27. The second kappa shape index (κ2) is 5.87. The lowest BCUT2D eigenvalue weighted by Gasteiger charge is -2.18. The number of nitriles is 1. The number of anilines is 1. The van der Waals surface area contributed by atoms with E-state index in [9.17, 15) is 9.18 Å². The third-order valence-corrected chi connectivity index (χ3v) is 3.76. The molecular formula is C13H12FN3O2S2. The highest BCUT2D eigenvalue weighted by Gasteiger charge is 2.18. The Hall–Kier alpha value is -1.85. The first kappa shape index (κ1) is 15.5. The van der Waals surface area contributed by atoms with Gasteiger partial charge in [-0.25, -0.2) is 14.2 Å². The average molecular weight is 325 g/mol. The number of amides is 1. The number of fused-ring (bicyclic) bond motifs is 1. The van der Waals surface area contributed by atoms with E-state index in [1.54, 1.807) is 20.8 Å². The molecule has 110 valence electrons. The summed E-state index contributed by atoms with van der Waals surface area (Å²) in [5.41, 5.74) is -0.186. The number of carbonyl (C=O) groups excluding carboxylic acids is 1. The molecule has 0 atom stereocenters. The van der Waals surface area contributed by atoms with Gasteiger partial charge in [-0.1, -0.05) is 11.3 Å². The highest BCUT2D eigenvalue weighted by Crippen LogP contribution is 2.32. The van der Waals surface area contributed by atoms with Gasteiger partial charge in [0.15, 0.2) is 5.13 Å². The van der Waals surface area contributed by atoms with Gasteiger partial charge in [0.25, 0.3) is 0 Å². The molecule has 1 aromatic carbocycles. The molecule has 0 radical (unpaired) electrons. The first-order valence-corrected chi connectivity index (χ1v) is 7.58. The van der Waals surface area contributed by atoms with E-state index in [0.717, 1.165) is 11.8 Å². The number of hydrogen-bond acceptors (Lipinski definition) is 6. The van der Waals surface area contributed by atoms with E-state index in [4.69, 9.17) is 10.00 Å². The zero-order valence-electron chi connectivity index (χ0n) is 11.6. The van der Waals surface area contributed by atoms with Crippen molar-refractivity contribution in [1.29, 1.82) is 5.26 Å². The summed E-state index contributed by atoms with van der Waals surface area (Å²) in [5, 5.41) is 13.3. The number of thiocyanates is 1. The van der Waals surface area contributed by atoms with Gasteiger partial charge in [0.2, 0.25) is 0 Å². The Bertz CT molecular complexity index is 731. The first-order valence-electron chi connectivity index (χ1n) is 5.94. The van der Waals surface area contributed by atoms with Crippen LogP contribution in [0.15, 0.2) is 17.0 Å². The maximum absolute atomic E-state index is 13.7. The van der Waals surface area contributed by atoms with E-state index in [1.165, 1.54) is 23.5 Å². The van der Waals surface area contributed by atoms with Crippen LogP contribution in [0.5, 0.6) is 0 Å². The first-order chi connectivity index (χ1) is 9.78. The van der Waals surface area contributed by atoms with E-state index >= 15 is 0 Å². The highest BCUT2D eigenvalue weighted by molar-refractivity contribution is 8.03. The number of nitrogens with zero attached hydrogens (tertiary/aromatic N) is 2. The molecule has 0 bridgehead atoms. The van der Waals surface area contributed by atoms with Gasteiger partial charge < -0.3 is 4.74 Å². The van der Waals surface area contributed by atoms with Crippen LogP contribution in [0.3, 0.4) is 0 Å². The normalized spacial score (nSPS) is 11.2. The molecule has 1 N–H and O–H groups in total. The van der Waals surface area contributed by atoms with Gasteiger partial charge in [-0.15, -0.1) is 0 Å². The van der Waals surface area contributed by atoms with Crippen molar-refractivity contribution < 1.29 is 13.9 Å². The predicted octanol–water partition coefficient (Wildman–Crippen LogP) is 4.36. The molecule has 0 aliphatic heterocycles. The van der Waals surface area contributed by atoms with Crippen molar-refractivity contribution in [3.8, 4) is 5.40 Å². The molecule has 0 saturated carbocycles. The molecule has 5 nitrogen and oxygen atoms in total. The molecule has 21 heavy (non-hydrogen) atoms. The van der Waals surface area contributed by atoms with Gasteiger partial charge in [0, 0.05) is 6.07 Å². The zero-order valence-corrected chi connectivity index (χ0v) is 13.2. The molecule has 0 aliphatic carbocycles. The maximum atomic E-state index is 13.7. The van der Waals surface area contributed by atoms with Crippen LogP contribution in [0.2, 0.25) is 0 Å². The standard InChI is InChI=1S/C13H12FN3O2S2/c1-13(2,3)19-12(18)17-11-16-8-4-7(14)9(20-6-15)5-10(8)21-11/h4-5H,1-3H3,(H,16,17,18). The fourth-order valence-corrected chi connectivity index (χ4v) is 2.88. The van der Waals surface area contributed by atoms with Crippen molar-refractivity contribution >= 4 is 44.5 Å². The van der Waals surface area contributed by atoms with E-state index in [0.29, 0.717) is 15.3 Å². The number of aromatic nitrogens is 1. The van der Waals surface area contributed by atoms with Gasteiger partial charge in [-0.2, -0.15) is 5.26 Å². The number of thiazole rings is 1. The van der Waals surface area contributed by atoms with Crippen molar-refractivity contribution in [2.75, 3.05) is 5.32 Å². The number of halogens is 1. The SMILES string of the molecule is CC(C)(C)OC(=O)Nc1nc2cc(F)c(SC#N)cc2s1. The molecular weight excluding hydrogens is 313 g/mol. The van der Waals surface area contributed by atoms with Crippen LogP contribution >= 0.6 is 23.1 Å². The van der Waals surface area contributed by atoms with Crippen molar-refractivity contribution in [1.82, 2.24) is 4.98 Å². The zero-order chi connectivity index (χ0) is 15.6. The van der Waals surface area contributed by atoms with E-state index in [-0.39, 0.29) is 4.90 Å². The minimum Gasteiger partial charge on any atom is -0.444 e. The van der Waals surface area contributed by atoms with E-state index in [1.807, 2.05) is 5.40 Å². The van der Waals surface area contributed by atoms with Crippen molar-refractivity contribution in [2.45, 2.75) is 31.3 Å². The van der Waals surface area contributed by atoms with Crippen molar-refractivity contribution in [2.24, 2.45) is 0 Å². The van der Waals surface area contributed by atoms with Gasteiger partial charge in [0.05, 0.1) is 15.1 Å². The monoisotopic (exact) mass is 325 g/mol. The summed E-state index contributed by atoms with van der Waals surface area (Å²) >= 11 is 1.93. The van der Waals surface area contributed by atoms with Gasteiger partial charge >= 0.3 is 6.09 Å². The van der Waals surface area contributed by atoms with E-state index in [2.05, 4.69) is 10.3 Å². The number of hydrogen-bond donors (Lipinski definition) is 1. The van der Waals surface area contributed by atoms with Crippen LogP contribution in [0.1, 0.15) is 20.8 Å². The lowest BCUT2D eigenvalue weighted by atomic mass is 10.2. The van der Waals surface area contributed by atoms with Crippen LogP contribution < -0.4 is 5.32 Å². The van der Waals surface area contributed by atoms with Crippen LogP contribution in [0, 0.1) is 16.5 Å². The minimum absolute atomic E-state index is 0.234. The minimum atomic E-state index is -0.617. The van der Waals surface area contributed by atoms with Gasteiger partial charge in [-0.05, 0) is 38.6 Å². The molecule has 1 heterocycles. The summed E-state index contributed by atoms with van der Waals surface area (Å²) in [4.78, 5) is 16.0. The Morgan fingerprint density at radius 2 is 2.24 bits per heavy atom. The van der Waals surface area contributed by atoms with Crippen LogP contribution in [0.4, 0.5) is 14.3 Å². The summed E-state index contributed by atoms with van der Waals surface area (Å²) in [6, 6.07) is 2.78. The Morgan fingerprint density at radius 3 is 2.86 bits per heavy atom. The van der Waals surface area contributed by atoms with E-state index < -0.39 is 17.5 Å². The topological polar surface area (TPSA) is 75.0 Å². The summed E-state index contributed by atoms with van der Waals surface area (Å²) < 4.78 is 19.5. The molecule has 0 saturated heterocycles. The third kappa shape index (κ3) is 4.06. The average Bonchev–Trinajstić information content (AvgIpc) is 2.68. The fraction of sp³-hybridized carbons (Fsp3) is 0.308. The molecule has 0 unspecified atom stereocenters. The van der Waals surface area contributed by atoms with Crippen LogP contribution in [-0.2, 0) is 4.74 Å². The van der Waals surface area contributed by atoms with Gasteiger partial charge in [-0.3, -0.25) is 5.32 Å². The third-order valence-electron chi connectivity index (χ3n) is 2.21. The second-order valence-corrected chi connectivity index (χ2v) is 6.95. The fourth-order valence-electron chi connectivity index (χ4n) is 1.50. The number of carbonyl (C=O) groups is 1. The molecule has 0 aliphatic rings. The molecule has 0 fully saturated rings. The Balaban J connectivity index is 2.23. The summed E-state index contributed by atoms with van der Waals surface area (Å²) in [5.74, 6) is -0.511. The smallest absolute Gasteiger partial charge is 0.413 e. The molecule has 0 spiro atoms. The van der Waals surface area contributed by atoms with Crippen LogP contribution in [-0.4, -0.2) is 16.7 Å². The molecule has 8 heteroatoms. The Kier molecular flexibility index (Phi) is 4.34. The molecule has 1 aromatic heterocycles. The Morgan fingerprint density at radius 1 is 1.52 bits per heavy atom. The van der Waals surface area contributed by atoms with Crippen molar-refractivity contribution in [3.05, 3.63) is 17.9 Å². The second-order valence-electron chi connectivity index (χ2n) is 5.09. The molecule has 2 aromatic rings. The maximum Gasteiger partial charge on any atom is 0.413 e. The largest absolute Gasteiger partial charge is 0.444 e. The highest BCUT2D eigenvalue weighted by atomic mass is 32.2. The lowest BCUT2D eigenvalue weighted by molar-refractivity contribution is 0.0636. The quantitative estimate of drug-likeness (QED) is 0.656. The number of rotatable bonds is 2. The molecule has 2 rings (SSSR count). The number of benzene rings is 1. The number of nitrogens with one attached hydrogen (secondary N) is 1. The predicted molar refractivity (Wildman–Crippen MR) is 80.9 cm³/mol. The van der Waals surface area contributed by atoms with Gasteiger partial charge in [0.1, 0.15) is 16.8 Å². The Labute approximate surface area is 129 Å². The van der Waals surface area contributed by atoms with Crippen molar-refractivity contribution in [3.63, 3.8) is 0 Å². The molecule has 1 amide bonds. The number of ether oxygens (including phenoxy) is 1. The summed E-state index contributed by atoms with van der Waals surface area (Å²) in [6.07, 6.45) is -0.617. The lowest BCUT2D eigenvalue weighted by Crippen LogP contribution is -2.27. The summed E-state index contributed by atoms with van der Waals surface area (Å²) in [7, 11) is 0. The number of thioether (sulfide) groups is 1. The van der Waals surface area contributed by atoms with Crippen LogP contribution in [0.25, 0.3) is 10.2 Å².